The Morgan fingerprint density at radius 2 is 2.05 bits per heavy atom. The summed E-state index contributed by atoms with van der Waals surface area (Å²) in [5.41, 5.74) is 1.46. The molecule has 1 aliphatic heterocycles. The van der Waals surface area contributed by atoms with E-state index in [9.17, 15) is 9.59 Å². The molecular formula is C17H22N2O3. The molecule has 5 nitrogen and oxygen atoms in total. The van der Waals surface area contributed by atoms with Crippen LogP contribution >= 0.6 is 0 Å². The Bertz CT molecular complexity index is 624. The third kappa shape index (κ3) is 2.56. The number of hydrogen-bond acceptors (Lipinski definition) is 3. The van der Waals surface area contributed by atoms with Gasteiger partial charge in [0.1, 0.15) is 17.9 Å². The molecule has 3 amide bonds. The van der Waals surface area contributed by atoms with E-state index in [0.717, 1.165) is 29.7 Å². The number of urea groups is 1. The fourth-order valence-electron chi connectivity index (χ4n) is 2.97. The first-order chi connectivity index (χ1) is 10.4. The van der Waals surface area contributed by atoms with E-state index in [4.69, 9.17) is 4.74 Å². The summed E-state index contributed by atoms with van der Waals surface area (Å²) in [6.07, 6.45) is 2.02. The molecule has 5 heteroatoms. The fourth-order valence-corrected chi connectivity index (χ4v) is 2.97. The molecule has 0 aromatic heterocycles. The number of amides is 3. The normalized spacial score (nSPS) is 24.6. The van der Waals surface area contributed by atoms with Crippen molar-refractivity contribution in [1.82, 2.24) is 10.2 Å². The van der Waals surface area contributed by atoms with Crippen LogP contribution in [0.4, 0.5) is 4.79 Å². The highest BCUT2D eigenvalue weighted by Gasteiger charge is 2.55. The molecule has 1 atom stereocenters. The maximum atomic E-state index is 12.5. The second-order valence-electron chi connectivity index (χ2n) is 6.48. The maximum Gasteiger partial charge on any atom is 0.325 e. The Morgan fingerprint density at radius 1 is 1.32 bits per heavy atom. The Labute approximate surface area is 130 Å². The molecule has 1 aromatic rings. The predicted molar refractivity (Wildman–Crippen MR) is 82.8 cm³/mol. The zero-order valence-corrected chi connectivity index (χ0v) is 13.3. The number of rotatable bonds is 5. The molecule has 3 rings (SSSR count). The Kier molecular flexibility index (Phi) is 3.59. The van der Waals surface area contributed by atoms with Crippen LogP contribution in [-0.4, -0.2) is 35.5 Å². The molecule has 1 unspecified atom stereocenters. The van der Waals surface area contributed by atoms with Crippen LogP contribution in [0.5, 0.6) is 5.75 Å². The third-order valence-corrected chi connectivity index (χ3v) is 4.61. The summed E-state index contributed by atoms with van der Waals surface area (Å²) in [5, 5.41) is 2.84. The van der Waals surface area contributed by atoms with Crippen LogP contribution < -0.4 is 10.1 Å². The topological polar surface area (TPSA) is 58.6 Å². The number of carbonyl (C=O) groups is 2. The lowest BCUT2D eigenvalue weighted by Gasteiger charge is -2.21. The van der Waals surface area contributed by atoms with Crippen LogP contribution in [0, 0.1) is 19.8 Å². The van der Waals surface area contributed by atoms with Crippen molar-refractivity contribution in [2.45, 2.75) is 39.2 Å². The van der Waals surface area contributed by atoms with E-state index >= 15 is 0 Å². The van der Waals surface area contributed by atoms with Crippen molar-refractivity contribution in [2.75, 3.05) is 13.2 Å². The van der Waals surface area contributed by atoms with Gasteiger partial charge in [-0.25, -0.2) is 4.79 Å². The van der Waals surface area contributed by atoms with Gasteiger partial charge in [0.05, 0.1) is 6.54 Å². The molecule has 2 aliphatic rings. The van der Waals surface area contributed by atoms with Gasteiger partial charge in [-0.15, -0.1) is 0 Å². The number of ether oxygens (including phenoxy) is 1. The van der Waals surface area contributed by atoms with E-state index in [2.05, 4.69) is 5.32 Å². The minimum absolute atomic E-state index is 0.121. The average Bonchev–Trinajstić information content (AvgIpc) is 3.28. The summed E-state index contributed by atoms with van der Waals surface area (Å²) >= 11 is 0. The second kappa shape index (κ2) is 5.30. The van der Waals surface area contributed by atoms with Crippen molar-refractivity contribution < 1.29 is 14.3 Å². The summed E-state index contributed by atoms with van der Waals surface area (Å²) in [5.74, 6) is 0.968. The molecule has 2 fully saturated rings. The lowest BCUT2D eigenvalue weighted by Crippen LogP contribution is -2.46. The van der Waals surface area contributed by atoms with Gasteiger partial charge in [-0.2, -0.15) is 0 Å². The van der Waals surface area contributed by atoms with Gasteiger partial charge in [-0.05, 0) is 56.7 Å². The van der Waals surface area contributed by atoms with Gasteiger partial charge in [-0.3, -0.25) is 9.69 Å². The predicted octanol–water partition coefficient (Wildman–Crippen LogP) is 2.40. The van der Waals surface area contributed by atoms with Crippen LogP contribution in [0.15, 0.2) is 18.2 Å². The van der Waals surface area contributed by atoms with E-state index in [1.54, 1.807) is 0 Å². The summed E-state index contributed by atoms with van der Waals surface area (Å²) in [7, 11) is 0. The largest absolute Gasteiger partial charge is 0.491 e. The summed E-state index contributed by atoms with van der Waals surface area (Å²) in [6, 6.07) is 5.70. The fraction of sp³-hybridized carbons (Fsp3) is 0.529. The van der Waals surface area contributed by atoms with Crippen molar-refractivity contribution in [3.63, 3.8) is 0 Å². The van der Waals surface area contributed by atoms with Crippen molar-refractivity contribution >= 4 is 11.9 Å². The monoisotopic (exact) mass is 302 g/mol. The number of carbonyl (C=O) groups excluding carboxylic acids is 2. The van der Waals surface area contributed by atoms with Crippen LogP contribution in [0.3, 0.4) is 0 Å². The lowest BCUT2D eigenvalue weighted by molar-refractivity contribution is -0.131. The molecule has 1 aromatic carbocycles. The average molecular weight is 302 g/mol. The minimum Gasteiger partial charge on any atom is -0.491 e. The van der Waals surface area contributed by atoms with Gasteiger partial charge in [0, 0.05) is 0 Å². The van der Waals surface area contributed by atoms with Gasteiger partial charge in [0.25, 0.3) is 5.91 Å². The quantitative estimate of drug-likeness (QED) is 0.850. The zero-order chi connectivity index (χ0) is 15.9. The molecule has 0 spiro atoms. The minimum atomic E-state index is -0.712. The first-order valence-corrected chi connectivity index (χ1v) is 7.76. The lowest BCUT2D eigenvalue weighted by atomic mass is 9.96. The number of nitrogens with one attached hydrogen (secondary N) is 1. The van der Waals surface area contributed by atoms with Crippen LogP contribution in [-0.2, 0) is 4.79 Å². The van der Waals surface area contributed by atoms with Crippen LogP contribution in [0.1, 0.15) is 30.9 Å². The SMILES string of the molecule is Cc1ccc(C)c(OCCN2C(=O)NC(C)(C3CC3)C2=O)c1. The molecular weight excluding hydrogens is 280 g/mol. The highest BCUT2D eigenvalue weighted by molar-refractivity contribution is 6.07. The van der Waals surface area contributed by atoms with E-state index in [-0.39, 0.29) is 24.4 Å². The van der Waals surface area contributed by atoms with Crippen molar-refractivity contribution in [1.29, 1.82) is 0 Å². The van der Waals surface area contributed by atoms with Crippen LogP contribution in [0.25, 0.3) is 0 Å². The zero-order valence-electron chi connectivity index (χ0n) is 13.3. The first-order valence-electron chi connectivity index (χ1n) is 7.76. The standard InChI is InChI=1S/C17H22N2O3/c1-11-4-5-12(2)14(10-11)22-9-8-19-15(20)17(3,13-6-7-13)18-16(19)21/h4-5,10,13H,6-9H2,1-3H3,(H,18,21). The highest BCUT2D eigenvalue weighted by atomic mass is 16.5. The van der Waals surface area contributed by atoms with E-state index in [1.165, 1.54) is 4.90 Å². The van der Waals surface area contributed by atoms with Gasteiger partial charge in [-0.1, -0.05) is 12.1 Å². The Morgan fingerprint density at radius 3 is 2.73 bits per heavy atom. The van der Waals surface area contributed by atoms with E-state index < -0.39 is 5.54 Å². The number of aryl methyl sites for hydroxylation is 2. The number of benzene rings is 1. The molecule has 1 saturated heterocycles. The summed E-state index contributed by atoms with van der Waals surface area (Å²) < 4.78 is 5.75. The maximum absolute atomic E-state index is 12.5. The van der Waals surface area contributed by atoms with Crippen LogP contribution in [0.2, 0.25) is 0 Å². The molecule has 1 aliphatic carbocycles. The van der Waals surface area contributed by atoms with Crippen molar-refractivity contribution in [3.8, 4) is 5.75 Å². The second-order valence-corrected chi connectivity index (χ2v) is 6.48. The summed E-state index contributed by atoms with van der Waals surface area (Å²) in [6.45, 7) is 6.40. The molecule has 1 heterocycles. The van der Waals surface area contributed by atoms with Gasteiger partial charge < -0.3 is 10.1 Å². The highest BCUT2D eigenvalue weighted by Crippen LogP contribution is 2.42. The molecule has 0 bridgehead atoms. The number of hydrogen-bond donors (Lipinski definition) is 1. The summed E-state index contributed by atoms with van der Waals surface area (Å²) in [4.78, 5) is 25.8. The number of nitrogens with zero attached hydrogens (tertiary/aromatic N) is 1. The molecule has 1 saturated carbocycles. The molecule has 0 radical (unpaired) electrons. The van der Waals surface area contributed by atoms with Crippen molar-refractivity contribution in [2.24, 2.45) is 5.92 Å². The number of imide groups is 1. The Hall–Kier alpha value is -2.04. The molecule has 22 heavy (non-hydrogen) atoms. The van der Waals surface area contributed by atoms with Crippen molar-refractivity contribution in [3.05, 3.63) is 29.3 Å². The van der Waals surface area contributed by atoms with E-state index in [1.807, 2.05) is 39.0 Å². The molecule has 118 valence electrons. The molecule has 1 N–H and O–H groups in total. The third-order valence-electron chi connectivity index (χ3n) is 4.61. The smallest absolute Gasteiger partial charge is 0.325 e. The van der Waals surface area contributed by atoms with Gasteiger partial charge >= 0.3 is 6.03 Å². The van der Waals surface area contributed by atoms with Gasteiger partial charge in [0.2, 0.25) is 0 Å². The Balaban J connectivity index is 1.61. The van der Waals surface area contributed by atoms with E-state index in [0.29, 0.717) is 6.61 Å². The first kappa shape index (κ1) is 14.9. The van der Waals surface area contributed by atoms with Gasteiger partial charge in [0.15, 0.2) is 0 Å².